The zero-order valence-electron chi connectivity index (χ0n) is 35.4. The number of benzene rings is 7. The predicted molar refractivity (Wildman–Crippen MR) is 256 cm³/mol. The van der Waals surface area contributed by atoms with Crippen LogP contribution in [0.4, 0.5) is 17.1 Å². The molecule has 1 atom stereocenters. The number of aromatic nitrogens is 2. The maximum atomic E-state index is 2.62. The molecular weight excluding hydrogens is 727 g/mol. The van der Waals surface area contributed by atoms with E-state index in [9.17, 15) is 0 Å². The lowest BCUT2D eigenvalue weighted by atomic mass is 9.59. The number of hydrogen-bond acceptors (Lipinski definition) is 1. The van der Waals surface area contributed by atoms with Crippen LogP contribution in [0.3, 0.4) is 0 Å². The average Bonchev–Trinajstić information content (AvgIpc) is 3.81. The fourth-order valence-corrected chi connectivity index (χ4v) is 10.7. The van der Waals surface area contributed by atoms with Crippen LogP contribution in [0.15, 0.2) is 182 Å². The Morgan fingerprint density at radius 3 is 1.58 bits per heavy atom. The van der Waals surface area contributed by atoms with E-state index in [-0.39, 0.29) is 22.3 Å². The van der Waals surface area contributed by atoms with Gasteiger partial charge in [-0.1, -0.05) is 133 Å². The SMILES string of the molecule is CC1(C)c2cc3c4cc(-c5ccc6c(c5)c5cc(N(c7ccccc7)c7ccccc7)ccc5n6-c5ccccc5)ccc4n(C4C=CC=CC4)c3cc2C(C)(C)C1(C)C. The Labute approximate surface area is 353 Å². The molecule has 2 aliphatic carbocycles. The molecule has 11 rings (SSSR count). The molecule has 0 bridgehead atoms. The van der Waals surface area contributed by atoms with Crippen LogP contribution in [0.1, 0.15) is 65.1 Å². The molecule has 0 N–H and O–H groups in total. The minimum Gasteiger partial charge on any atom is -0.333 e. The Morgan fingerprint density at radius 2 is 0.983 bits per heavy atom. The zero-order valence-corrected chi connectivity index (χ0v) is 35.4. The van der Waals surface area contributed by atoms with Crippen molar-refractivity contribution in [2.75, 3.05) is 4.90 Å². The number of para-hydroxylation sites is 3. The van der Waals surface area contributed by atoms with E-state index in [1.165, 1.54) is 65.9 Å². The fourth-order valence-electron chi connectivity index (χ4n) is 10.7. The number of fused-ring (bicyclic) bond motifs is 7. The molecular formula is C57H51N3. The number of anilines is 3. The molecule has 3 nitrogen and oxygen atoms in total. The average molecular weight is 778 g/mol. The van der Waals surface area contributed by atoms with E-state index in [4.69, 9.17) is 0 Å². The molecule has 9 aromatic rings. The van der Waals surface area contributed by atoms with Gasteiger partial charge in [0.1, 0.15) is 0 Å². The first kappa shape index (κ1) is 36.5. The summed E-state index contributed by atoms with van der Waals surface area (Å²) < 4.78 is 5.04. The van der Waals surface area contributed by atoms with Crippen molar-refractivity contribution in [2.24, 2.45) is 5.41 Å². The van der Waals surface area contributed by atoms with E-state index < -0.39 is 0 Å². The van der Waals surface area contributed by atoms with Gasteiger partial charge in [0.15, 0.2) is 0 Å². The van der Waals surface area contributed by atoms with E-state index in [0.717, 1.165) is 29.2 Å². The number of hydrogen-bond donors (Lipinski definition) is 0. The standard InChI is InChI=1S/C57H51N3/c1-55(2)49-36-48-46-34-39(28-31-52(46)60(43-25-17-10-18-26-43)54(48)37-50(49)56(3,4)57(55,5)6)38-27-30-51-45(33-38)47-35-44(29-32-53(47)59(51)42-23-15-9-16-24-42)58(40-19-11-7-12-20-40)41-21-13-8-14-22-41/h7-25,27-37,43H,26H2,1-6H3. The highest BCUT2D eigenvalue weighted by Gasteiger charge is 2.57. The molecule has 3 heteroatoms. The number of rotatable bonds is 6. The summed E-state index contributed by atoms with van der Waals surface area (Å²) in [6.07, 6.45) is 10.1. The Bertz CT molecular complexity index is 3150. The van der Waals surface area contributed by atoms with Crippen LogP contribution in [0.25, 0.3) is 60.4 Å². The molecule has 7 aromatic carbocycles. The van der Waals surface area contributed by atoms with Crippen molar-refractivity contribution in [3.63, 3.8) is 0 Å². The van der Waals surface area contributed by atoms with Gasteiger partial charge in [-0.05, 0) is 136 Å². The van der Waals surface area contributed by atoms with Crippen LogP contribution in [0.2, 0.25) is 0 Å². The first-order valence-corrected chi connectivity index (χ1v) is 21.5. The largest absolute Gasteiger partial charge is 0.333 e. The van der Waals surface area contributed by atoms with Crippen molar-refractivity contribution in [1.82, 2.24) is 9.13 Å². The van der Waals surface area contributed by atoms with Gasteiger partial charge < -0.3 is 14.0 Å². The van der Waals surface area contributed by atoms with Crippen LogP contribution in [0, 0.1) is 5.41 Å². The molecule has 0 saturated carbocycles. The highest BCUT2D eigenvalue weighted by Crippen LogP contribution is 2.62. The minimum atomic E-state index is 0.0208. The molecule has 0 spiro atoms. The first-order chi connectivity index (χ1) is 29.0. The molecule has 2 aliphatic rings. The molecule has 0 saturated heterocycles. The Hall–Kier alpha value is -6.58. The van der Waals surface area contributed by atoms with Crippen LogP contribution >= 0.6 is 0 Å². The van der Waals surface area contributed by atoms with E-state index in [1.54, 1.807) is 0 Å². The van der Waals surface area contributed by atoms with Crippen molar-refractivity contribution in [3.8, 4) is 16.8 Å². The Balaban J connectivity index is 1.14. The predicted octanol–water partition coefficient (Wildman–Crippen LogP) is 15.7. The first-order valence-electron chi connectivity index (χ1n) is 21.5. The highest BCUT2D eigenvalue weighted by molar-refractivity contribution is 6.13. The topological polar surface area (TPSA) is 13.1 Å². The summed E-state index contributed by atoms with van der Waals surface area (Å²) in [5.74, 6) is 0. The summed E-state index contributed by atoms with van der Waals surface area (Å²) in [4.78, 5) is 2.36. The maximum absolute atomic E-state index is 2.62. The zero-order chi connectivity index (χ0) is 41.0. The molecule has 60 heavy (non-hydrogen) atoms. The van der Waals surface area contributed by atoms with Gasteiger partial charge in [0.25, 0.3) is 0 Å². The second-order valence-electron chi connectivity index (χ2n) is 18.6. The molecule has 0 radical (unpaired) electrons. The van der Waals surface area contributed by atoms with Gasteiger partial charge in [0.05, 0.1) is 17.1 Å². The van der Waals surface area contributed by atoms with Crippen LogP contribution in [0.5, 0.6) is 0 Å². The van der Waals surface area contributed by atoms with E-state index in [0.29, 0.717) is 0 Å². The quantitative estimate of drug-likeness (QED) is 0.164. The third-order valence-electron chi connectivity index (χ3n) is 15.1. The van der Waals surface area contributed by atoms with Gasteiger partial charge in [0.2, 0.25) is 0 Å². The van der Waals surface area contributed by atoms with Gasteiger partial charge in [-0.2, -0.15) is 0 Å². The molecule has 0 amide bonds. The van der Waals surface area contributed by atoms with Crippen LogP contribution in [-0.4, -0.2) is 9.13 Å². The molecule has 0 aliphatic heterocycles. The summed E-state index contributed by atoms with van der Waals surface area (Å²) >= 11 is 0. The molecule has 0 fully saturated rings. The summed E-state index contributed by atoms with van der Waals surface area (Å²) in [5.41, 5.74) is 15.1. The van der Waals surface area contributed by atoms with Gasteiger partial charge in [-0.3, -0.25) is 0 Å². The second kappa shape index (κ2) is 13.2. The van der Waals surface area contributed by atoms with Gasteiger partial charge in [-0.15, -0.1) is 0 Å². The van der Waals surface area contributed by atoms with Crippen molar-refractivity contribution in [2.45, 2.75) is 64.8 Å². The summed E-state index contributed by atoms with van der Waals surface area (Å²) in [6.45, 7) is 14.7. The lowest BCUT2D eigenvalue weighted by Crippen LogP contribution is -2.42. The highest BCUT2D eigenvalue weighted by atomic mass is 15.1. The van der Waals surface area contributed by atoms with Crippen LogP contribution < -0.4 is 4.90 Å². The second-order valence-corrected chi connectivity index (χ2v) is 18.6. The normalized spacial score (nSPS) is 17.5. The van der Waals surface area contributed by atoms with Gasteiger partial charge in [0, 0.05) is 55.3 Å². The molecule has 2 aromatic heterocycles. The molecule has 2 heterocycles. The molecule has 1 unspecified atom stereocenters. The van der Waals surface area contributed by atoms with Crippen molar-refractivity contribution >= 4 is 60.7 Å². The Kier molecular flexibility index (Phi) is 8.04. The maximum Gasteiger partial charge on any atom is 0.0560 e. The Morgan fingerprint density at radius 1 is 0.467 bits per heavy atom. The lowest BCUT2D eigenvalue weighted by molar-refractivity contribution is 0.125. The molecule has 294 valence electrons. The summed E-state index contributed by atoms with van der Waals surface area (Å²) in [6, 6.07) is 58.8. The third kappa shape index (κ3) is 5.21. The third-order valence-corrected chi connectivity index (χ3v) is 15.1. The number of allylic oxidation sites excluding steroid dienone is 4. The van der Waals surface area contributed by atoms with Crippen LogP contribution in [-0.2, 0) is 10.8 Å². The fraction of sp³-hybridized carbons (Fsp3) is 0.193. The van der Waals surface area contributed by atoms with Crippen molar-refractivity contribution < 1.29 is 0 Å². The monoisotopic (exact) mass is 777 g/mol. The summed E-state index contributed by atoms with van der Waals surface area (Å²) in [5, 5.41) is 5.13. The smallest absolute Gasteiger partial charge is 0.0560 e. The van der Waals surface area contributed by atoms with E-state index in [2.05, 4.69) is 238 Å². The number of nitrogens with zero attached hydrogens (tertiary/aromatic N) is 3. The summed E-state index contributed by atoms with van der Waals surface area (Å²) in [7, 11) is 0. The van der Waals surface area contributed by atoms with Gasteiger partial charge in [-0.25, -0.2) is 0 Å². The minimum absolute atomic E-state index is 0.0208. The lowest BCUT2D eigenvalue weighted by Gasteiger charge is -2.44. The van der Waals surface area contributed by atoms with E-state index >= 15 is 0 Å². The van der Waals surface area contributed by atoms with Crippen molar-refractivity contribution in [3.05, 3.63) is 193 Å². The van der Waals surface area contributed by atoms with Gasteiger partial charge >= 0.3 is 0 Å². The van der Waals surface area contributed by atoms with E-state index in [1.807, 2.05) is 0 Å². The van der Waals surface area contributed by atoms with Crippen molar-refractivity contribution in [1.29, 1.82) is 0 Å².